The summed E-state index contributed by atoms with van der Waals surface area (Å²) in [7, 11) is 0. The number of rotatable bonds is 8. The van der Waals surface area contributed by atoms with Crippen LogP contribution in [0, 0.1) is 6.92 Å². The van der Waals surface area contributed by atoms with Crippen LogP contribution >= 0.6 is 0 Å². The molecular weight excluding hydrogens is 502 g/mol. The Bertz CT molecular complexity index is 1750. The van der Waals surface area contributed by atoms with Crippen LogP contribution in [-0.2, 0) is 11.2 Å². The number of aryl methyl sites for hydroxylation is 1. The lowest BCUT2D eigenvalue weighted by Gasteiger charge is -2.34. The van der Waals surface area contributed by atoms with Crippen LogP contribution in [0.3, 0.4) is 0 Å². The van der Waals surface area contributed by atoms with Crippen LogP contribution in [0.4, 0.5) is 0 Å². The Morgan fingerprint density at radius 1 is 1.00 bits per heavy atom. The molecule has 8 nitrogen and oxygen atoms in total. The summed E-state index contributed by atoms with van der Waals surface area (Å²) in [6.45, 7) is 5.83. The SMILES string of the molecule is Cc1n[nH]c2ccc(-c3cc(OC[C@H](Cc4c[nH]c5ccccc45)N4CCOCC4)cnc3-c3ccoc3)cc12. The predicted octanol–water partition coefficient (Wildman–Crippen LogP) is 6.00. The first-order valence-electron chi connectivity index (χ1n) is 13.7. The number of benzene rings is 2. The van der Waals surface area contributed by atoms with Crippen molar-refractivity contribution in [3.8, 4) is 28.1 Å². The maximum atomic E-state index is 6.52. The molecule has 0 aliphatic carbocycles. The Balaban J connectivity index is 1.20. The molecule has 1 fully saturated rings. The predicted molar refractivity (Wildman–Crippen MR) is 155 cm³/mol. The molecule has 1 aliphatic rings. The number of aromatic nitrogens is 4. The molecule has 202 valence electrons. The fourth-order valence-corrected chi connectivity index (χ4v) is 5.67. The maximum Gasteiger partial charge on any atom is 0.138 e. The summed E-state index contributed by atoms with van der Waals surface area (Å²) in [5, 5.41) is 9.81. The highest BCUT2D eigenvalue weighted by atomic mass is 16.5. The van der Waals surface area contributed by atoms with Gasteiger partial charge in [-0.2, -0.15) is 5.10 Å². The van der Waals surface area contributed by atoms with E-state index in [1.165, 1.54) is 10.9 Å². The number of pyridine rings is 1. The zero-order valence-corrected chi connectivity index (χ0v) is 22.4. The molecule has 7 rings (SSSR count). The van der Waals surface area contributed by atoms with Gasteiger partial charge in [-0.25, -0.2) is 0 Å². The van der Waals surface area contributed by atoms with E-state index >= 15 is 0 Å². The van der Waals surface area contributed by atoms with Gasteiger partial charge in [0.05, 0.1) is 48.8 Å². The van der Waals surface area contributed by atoms with Crippen LogP contribution in [0.15, 0.2) is 83.9 Å². The summed E-state index contributed by atoms with van der Waals surface area (Å²) >= 11 is 0. The van der Waals surface area contributed by atoms with Crippen molar-refractivity contribution in [2.75, 3.05) is 32.9 Å². The number of aromatic amines is 2. The van der Waals surface area contributed by atoms with Gasteiger partial charge >= 0.3 is 0 Å². The summed E-state index contributed by atoms with van der Waals surface area (Å²) < 4.78 is 17.6. The molecule has 2 aromatic carbocycles. The first-order chi connectivity index (χ1) is 19.7. The minimum absolute atomic E-state index is 0.199. The molecule has 1 saturated heterocycles. The number of nitrogens with zero attached hydrogens (tertiary/aromatic N) is 3. The van der Waals surface area contributed by atoms with E-state index in [0.29, 0.717) is 6.61 Å². The first-order valence-corrected chi connectivity index (χ1v) is 13.7. The van der Waals surface area contributed by atoms with Crippen LogP contribution in [0.2, 0.25) is 0 Å². The van der Waals surface area contributed by atoms with Gasteiger partial charge in [0.25, 0.3) is 0 Å². The topological polar surface area (TPSA) is 92.2 Å². The fourth-order valence-electron chi connectivity index (χ4n) is 5.67. The zero-order chi connectivity index (χ0) is 26.9. The van der Waals surface area contributed by atoms with Gasteiger partial charge in [-0.15, -0.1) is 0 Å². The second-order valence-electron chi connectivity index (χ2n) is 10.3. The molecule has 2 N–H and O–H groups in total. The van der Waals surface area contributed by atoms with Crippen molar-refractivity contribution >= 4 is 21.8 Å². The number of nitrogens with one attached hydrogen (secondary N) is 2. The highest BCUT2D eigenvalue weighted by Crippen LogP contribution is 2.35. The van der Waals surface area contributed by atoms with Crippen molar-refractivity contribution in [3.05, 3.63) is 90.8 Å². The van der Waals surface area contributed by atoms with E-state index in [0.717, 1.165) is 83.0 Å². The summed E-state index contributed by atoms with van der Waals surface area (Å²) in [5.74, 6) is 0.739. The van der Waals surface area contributed by atoms with Crippen molar-refractivity contribution in [3.63, 3.8) is 0 Å². The van der Waals surface area contributed by atoms with Crippen LogP contribution in [0.5, 0.6) is 5.75 Å². The van der Waals surface area contributed by atoms with E-state index in [-0.39, 0.29) is 6.04 Å². The molecule has 40 heavy (non-hydrogen) atoms. The third-order valence-corrected chi connectivity index (χ3v) is 7.86. The monoisotopic (exact) mass is 533 g/mol. The molecule has 0 saturated carbocycles. The lowest BCUT2D eigenvalue weighted by molar-refractivity contribution is 0.00617. The van der Waals surface area contributed by atoms with Crippen LogP contribution in [-0.4, -0.2) is 64.0 Å². The fraction of sp³-hybridized carbons (Fsp3) is 0.250. The van der Waals surface area contributed by atoms with Gasteiger partial charge in [0.1, 0.15) is 12.4 Å². The molecule has 1 aliphatic heterocycles. The van der Waals surface area contributed by atoms with Gasteiger partial charge in [-0.3, -0.25) is 15.0 Å². The molecule has 0 amide bonds. The quantitative estimate of drug-likeness (QED) is 0.249. The molecule has 0 bridgehead atoms. The van der Waals surface area contributed by atoms with Gasteiger partial charge < -0.3 is 18.9 Å². The molecule has 0 unspecified atom stereocenters. The van der Waals surface area contributed by atoms with Gasteiger partial charge in [0, 0.05) is 52.7 Å². The van der Waals surface area contributed by atoms with Gasteiger partial charge in [0.15, 0.2) is 0 Å². The smallest absolute Gasteiger partial charge is 0.138 e. The Kier molecular flexibility index (Phi) is 6.55. The standard InChI is InChI=1S/C32H31N5O3/c1-21-28-15-22(6-7-31(28)36-35-21)29-16-26(18-34-32(29)23-8-11-39-19-23)40-20-25(37-9-12-38-13-10-37)14-24-17-33-30-5-3-2-4-27(24)30/h2-8,11,15-19,25,33H,9-10,12-14,20H2,1H3,(H,35,36)/t25-/m0/s1. The third kappa shape index (κ3) is 4.76. The number of H-pyrrole nitrogens is 2. The molecule has 6 aromatic rings. The van der Waals surface area contributed by atoms with Gasteiger partial charge in [-0.1, -0.05) is 24.3 Å². The normalized spacial score (nSPS) is 15.1. The molecule has 8 heteroatoms. The highest BCUT2D eigenvalue weighted by molar-refractivity contribution is 5.90. The van der Waals surface area contributed by atoms with Crippen molar-refractivity contribution in [2.45, 2.75) is 19.4 Å². The number of hydrogen-bond acceptors (Lipinski definition) is 6. The first kappa shape index (κ1) is 24.6. The Morgan fingerprint density at radius 3 is 2.77 bits per heavy atom. The number of fused-ring (bicyclic) bond motifs is 2. The number of ether oxygens (including phenoxy) is 2. The molecule has 1 atom stereocenters. The minimum Gasteiger partial charge on any atom is -0.490 e. The largest absolute Gasteiger partial charge is 0.490 e. The lowest BCUT2D eigenvalue weighted by atomic mass is 9.99. The second-order valence-corrected chi connectivity index (χ2v) is 10.3. The van der Waals surface area contributed by atoms with Crippen molar-refractivity contribution in [1.82, 2.24) is 25.1 Å². The highest BCUT2D eigenvalue weighted by Gasteiger charge is 2.24. The van der Waals surface area contributed by atoms with E-state index < -0.39 is 0 Å². The zero-order valence-electron chi connectivity index (χ0n) is 22.4. The van der Waals surface area contributed by atoms with Crippen molar-refractivity contribution < 1.29 is 13.9 Å². The molecule has 0 radical (unpaired) electrons. The number of furan rings is 1. The molecule has 5 heterocycles. The minimum atomic E-state index is 0.199. The van der Waals surface area contributed by atoms with E-state index in [1.807, 2.05) is 19.2 Å². The number of morpholine rings is 1. The third-order valence-electron chi connectivity index (χ3n) is 7.86. The average Bonchev–Trinajstić information content (AvgIpc) is 3.77. The van der Waals surface area contributed by atoms with E-state index in [9.17, 15) is 0 Å². The van der Waals surface area contributed by atoms with Crippen molar-refractivity contribution in [1.29, 1.82) is 0 Å². The van der Waals surface area contributed by atoms with Gasteiger partial charge in [-0.05, 0) is 54.8 Å². The maximum absolute atomic E-state index is 6.52. The summed E-state index contributed by atoms with van der Waals surface area (Å²) in [4.78, 5) is 10.8. The second kappa shape index (κ2) is 10.6. The van der Waals surface area contributed by atoms with Crippen LogP contribution in [0.25, 0.3) is 44.2 Å². The lowest BCUT2D eigenvalue weighted by Crippen LogP contribution is -2.47. The van der Waals surface area contributed by atoms with Gasteiger partial charge in [0.2, 0.25) is 0 Å². The average molecular weight is 534 g/mol. The molecule has 4 aromatic heterocycles. The Morgan fingerprint density at radius 2 is 1.90 bits per heavy atom. The number of hydrogen-bond donors (Lipinski definition) is 2. The molecular formula is C32H31N5O3. The Labute approximate surface area is 231 Å². The van der Waals surface area contributed by atoms with E-state index in [2.05, 4.69) is 74.8 Å². The summed E-state index contributed by atoms with van der Waals surface area (Å²) in [6, 6.07) is 19.0. The Hall–Kier alpha value is -4.40. The number of para-hydroxylation sites is 1. The van der Waals surface area contributed by atoms with E-state index in [1.54, 1.807) is 12.5 Å². The van der Waals surface area contributed by atoms with E-state index in [4.69, 9.17) is 18.9 Å². The molecule has 0 spiro atoms. The van der Waals surface area contributed by atoms with Crippen molar-refractivity contribution in [2.24, 2.45) is 0 Å². The van der Waals surface area contributed by atoms with Crippen LogP contribution < -0.4 is 4.74 Å². The summed E-state index contributed by atoms with van der Waals surface area (Å²) in [5.41, 5.74) is 8.25. The van der Waals surface area contributed by atoms with Crippen LogP contribution in [0.1, 0.15) is 11.3 Å². The summed E-state index contributed by atoms with van der Waals surface area (Å²) in [6.07, 6.45) is 8.23.